The number of carbonyl (C=O) groups excluding carboxylic acids is 1. The molecular formula is C14H19NO3. The van der Waals surface area contributed by atoms with E-state index in [9.17, 15) is 9.59 Å². The van der Waals surface area contributed by atoms with Gasteiger partial charge in [0.2, 0.25) is 0 Å². The summed E-state index contributed by atoms with van der Waals surface area (Å²) in [5.74, 6) is 0.0578. The van der Waals surface area contributed by atoms with Crippen LogP contribution in [0.2, 0.25) is 0 Å². The second-order valence-electron chi connectivity index (χ2n) is 4.27. The Bertz CT molecular complexity index is 404. The third-order valence-electron chi connectivity index (χ3n) is 2.97. The van der Waals surface area contributed by atoms with Crippen molar-refractivity contribution in [2.45, 2.75) is 32.1 Å². The van der Waals surface area contributed by atoms with Gasteiger partial charge in [0.05, 0.1) is 0 Å². The van der Waals surface area contributed by atoms with Crippen LogP contribution in [-0.4, -0.2) is 24.0 Å². The van der Waals surface area contributed by atoms with Gasteiger partial charge in [-0.25, -0.2) is 4.79 Å². The van der Waals surface area contributed by atoms with Crippen LogP contribution in [0, 0.1) is 0 Å². The summed E-state index contributed by atoms with van der Waals surface area (Å²) in [6.45, 7) is 2.44. The van der Waals surface area contributed by atoms with E-state index in [0.717, 1.165) is 31.1 Å². The molecule has 0 saturated heterocycles. The zero-order valence-corrected chi connectivity index (χ0v) is 10.6. The molecule has 0 saturated carbocycles. The summed E-state index contributed by atoms with van der Waals surface area (Å²) in [6, 6.07) is 7.35. The molecule has 1 aromatic rings. The van der Waals surface area contributed by atoms with Crippen LogP contribution in [-0.2, 0) is 0 Å². The van der Waals surface area contributed by atoms with E-state index < -0.39 is 6.09 Å². The highest BCUT2D eigenvalue weighted by Gasteiger charge is 2.15. The maximum Gasteiger partial charge on any atom is 0.404 e. The Morgan fingerprint density at radius 1 is 1.44 bits per heavy atom. The molecule has 1 atom stereocenters. The lowest BCUT2D eigenvalue weighted by Gasteiger charge is -2.18. The lowest BCUT2D eigenvalue weighted by molar-refractivity contribution is 0.112. The first-order valence-electron chi connectivity index (χ1n) is 6.20. The van der Waals surface area contributed by atoms with Crippen molar-refractivity contribution in [3.8, 4) is 0 Å². The fourth-order valence-corrected chi connectivity index (χ4v) is 2.02. The molecule has 0 spiro atoms. The Labute approximate surface area is 107 Å². The highest BCUT2D eigenvalue weighted by Crippen LogP contribution is 2.24. The second kappa shape index (κ2) is 7.48. The number of aldehydes is 1. The van der Waals surface area contributed by atoms with Crippen LogP contribution in [0.5, 0.6) is 0 Å². The number of carbonyl (C=O) groups is 2. The van der Waals surface area contributed by atoms with Gasteiger partial charge in [0.25, 0.3) is 0 Å². The van der Waals surface area contributed by atoms with E-state index in [4.69, 9.17) is 5.11 Å². The predicted octanol–water partition coefficient (Wildman–Crippen LogP) is 3.04. The van der Waals surface area contributed by atoms with Gasteiger partial charge in [-0.05, 0) is 12.0 Å². The molecule has 0 radical (unpaired) electrons. The molecule has 1 unspecified atom stereocenters. The van der Waals surface area contributed by atoms with Gasteiger partial charge in [0.15, 0.2) is 0 Å². The Morgan fingerprint density at radius 3 is 2.78 bits per heavy atom. The lowest BCUT2D eigenvalue weighted by Crippen LogP contribution is -2.27. The molecular weight excluding hydrogens is 230 g/mol. The molecule has 1 aromatic carbocycles. The van der Waals surface area contributed by atoms with Crippen molar-refractivity contribution in [3.63, 3.8) is 0 Å². The number of rotatable bonds is 7. The van der Waals surface area contributed by atoms with Gasteiger partial charge in [-0.15, -0.1) is 0 Å². The van der Waals surface area contributed by atoms with Gasteiger partial charge in [-0.2, -0.15) is 0 Å². The van der Waals surface area contributed by atoms with Gasteiger partial charge in [0.1, 0.15) is 6.29 Å². The van der Waals surface area contributed by atoms with Crippen LogP contribution >= 0.6 is 0 Å². The molecule has 4 nitrogen and oxygen atoms in total. The van der Waals surface area contributed by atoms with Gasteiger partial charge >= 0.3 is 6.09 Å². The molecule has 1 rings (SSSR count). The summed E-state index contributed by atoms with van der Waals surface area (Å²) in [7, 11) is 0. The minimum Gasteiger partial charge on any atom is -0.465 e. The van der Waals surface area contributed by atoms with E-state index in [1.54, 1.807) is 6.07 Å². The van der Waals surface area contributed by atoms with E-state index in [0.29, 0.717) is 12.1 Å². The van der Waals surface area contributed by atoms with Crippen molar-refractivity contribution in [1.29, 1.82) is 0 Å². The Hall–Kier alpha value is -1.84. The smallest absolute Gasteiger partial charge is 0.404 e. The monoisotopic (exact) mass is 249 g/mol. The number of hydrogen-bond donors (Lipinski definition) is 2. The number of nitrogens with one attached hydrogen (secondary N) is 1. The first-order chi connectivity index (χ1) is 8.69. The largest absolute Gasteiger partial charge is 0.465 e. The van der Waals surface area contributed by atoms with Crippen molar-refractivity contribution >= 4 is 12.4 Å². The van der Waals surface area contributed by atoms with E-state index >= 15 is 0 Å². The van der Waals surface area contributed by atoms with Crippen LogP contribution in [0.4, 0.5) is 4.79 Å². The topological polar surface area (TPSA) is 66.4 Å². The molecule has 2 N–H and O–H groups in total. The summed E-state index contributed by atoms with van der Waals surface area (Å²) in [5, 5.41) is 11.1. The minimum absolute atomic E-state index is 0.0578. The molecule has 0 bridgehead atoms. The van der Waals surface area contributed by atoms with E-state index in [1.807, 2.05) is 18.2 Å². The molecule has 0 heterocycles. The Morgan fingerprint density at radius 2 is 2.17 bits per heavy atom. The minimum atomic E-state index is -1.03. The van der Waals surface area contributed by atoms with E-state index in [-0.39, 0.29) is 5.92 Å². The zero-order chi connectivity index (χ0) is 13.4. The van der Waals surface area contributed by atoms with Crippen LogP contribution in [0.25, 0.3) is 0 Å². The van der Waals surface area contributed by atoms with Crippen molar-refractivity contribution in [2.75, 3.05) is 6.54 Å². The van der Waals surface area contributed by atoms with Gasteiger partial charge in [-0.1, -0.05) is 44.0 Å². The second-order valence-corrected chi connectivity index (χ2v) is 4.27. The summed E-state index contributed by atoms with van der Waals surface area (Å²) in [5.41, 5.74) is 1.57. The zero-order valence-electron chi connectivity index (χ0n) is 10.6. The molecule has 0 aliphatic heterocycles. The first kappa shape index (κ1) is 14.2. The van der Waals surface area contributed by atoms with Crippen LogP contribution in [0.1, 0.15) is 48.0 Å². The molecule has 0 aliphatic carbocycles. The molecule has 0 aliphatic rings. The van der Waals surface area contributed by atoms with Gasteiger partial charge in [0, 0.05) is 18.0 Å². The molecule has 0 aromatic heterocycles. The van der Waals surface area contributed by atoms with Gasteiger partial charge in [-0.3, -0.25) is 4.79 Å². The van der Waals surface area contributed by atoms with Gasteiger partial charge < -0.3 is 10.4 Å². The third-order valence-corrected chi connectivity index (χ3v) is 2.97. The Balaban J connectivity index is 2.85. The Kier molecular flexibility index (Phi) is 5.91. The standard InChI is InChI=1S/C14H19NO3/c1-2-3-6-11(9-15-14(17)18)13-8-5-4-7-12(13)10-16/h4-5,7-8,10-11,15H,2-3,6,9H2,1H3,(H,17,18). The highest BCUT2D eigenvalue weighted by molar-refractivity contribution is 5.77. The highest BCUT2D eigenvalue weighted by atomic mass is 16.4. The van der Waals surface area contributed by atoms with Crippen molar-refractivity contribution in [2.24, 2.45) is 0 Å². The average molecular weight is 249 g/mol. The molecule has 1 amide bonds. The lowest BCUT2D eigenvalue weighted by atomic mass is 9.90. The SMILES string of the molecule is CCCCC(CNC(=O)O)c1ccccc1C=O. The summed E-state index contributed by atoms with van der Waals surface area (Å²) in [4.78, 5) is 21.6. The summed E-state index contributed by atoms with van der Waals surface area (Å²) in [6.07, 6.45) is 2.74. The van der Waals surface area contributed by atoms with Crippen LogP contribution in [0.3, 0.4) is 0 Å². The molecule has 4 heteroatoms. The average Bonchev–Trinajstić information content (AvgIpc) is 2.38. The quantitative estimate of drug-likeness (QED) is 0.730. The fourth-order valence-electron chi connectivity index (χ4n) is 2.02. The molecule has 18 heavy (non-hydrogen) atoms. The molecule has 98 valence electrons. The summed E-state index contributed by atoms with van der Waals surface area (Å²) < 4.78 is 0. The van der Waals surface area contributed by atoms with Crippen molar-refractivity contribution in [1.82, 2.24) is 5.32 Å². The predicted molar refractivity (Wildman–Crippen MR) is 70.1 cm³/mol. The summed E-state index contributed by atoms with van der Waals surface area (Å²) >= 11 is 0. The van der Waals surface area contributed by atoms with Crippen LogP contribution in [0.15, 0.2) is 24.3 Å². The van der Waals surface area contributed by atoms with E-state index in [2.05, 4.69) is 12.2 Å². The third kappa shape index (κ3) is 4.20. The normalized spacial score (nSPS) is 11.8. The van der Waals surface area contributed by atoms with Crippen LogP contribution < -0.4 is 5.32 Å². The molecule has 0 fully saturated rings. The number of unbranched alkanes of at least 4 members (excludes halogenated alkanes) is 1. The first-order valence-corrected chi connectivity index (χ1v) is 6.20. The number of hydrogen-bond acceptors (Lipinski definition) is 2. The maximum atomic E-state index is 11.0. The van der Waals surface area contributed by atoms with E-state index in [1.165, 1.54) is 0 Å². The number of amides is 1. The van der Waals surface area contributed by atoms with Crippen molar-refractivity contribution < 1.29 is 14.7 Å². The number of carboxylic acid groups (broad SMARTS) is 1. The number of benzene rings is 1. The fraction of sp³-hybridized carbons (Fsp3) is 0.429. The van der Waals surface area contributed by atoms with Crippen molar-refractivity contribution in [3.05, 3.63) is 35.4 Å². The maximum absolute atomic E-state index is 11.0.